The van der Waals surface area contributed by atoms with Crippen LogP contribution in [-0.4, -0.2) is 14.7 Å². The van der Waals surface area contributed by atoms with Gasteiger partial charge in [0.15, 0.2) is 9.84 Å². The predicted molar refractivity (Wildman–Crippen MR) is 82.7 cm³/mol. The molecule has 2 rings (SSSR count). The monoisotopic (exact) mass is 310 g/mol. The summed E-state index contributed by atoms with van der Waals surface area (Å²) in [6, 6.07) is 12.0. The first kappa shape index (κ1) is 14.7. The van der Waals surface area contributed by atoms with E-state index in [4.69, 9.17) is 17.3 Å². The van der Waals surface area contributed by atoms with Crippen LogP contribution in [-0.2, 0) is 16.4 Å². The first-order valence-electron chi connectivity index (χ1n) is 5.94. The number of rotatable bonds is 4. The molecule has 0 fully saturated rings. The van der Waals surface area contributed by atoms with Crippen molar-refractivity contribution in [3.63, 3.8) is 0 Å². The Morgan fingerprint density at radius 3 is 2.35 bits per heavy atom. The predicted octanol–water partition coefficient (Wildman–Crippen LogP) is 2.94. The summed E-state index contributed by atoms with van der Waals surface area (Å²) in [6.07, 6.45) is 1.19. The van der Waals surface area contributed by atoms with Crippen LogP contribution in [0.5, 0.6) is 0 Å². The number of nitrogens with one attached hydrogen (secondary N) is 1. The molecule has 3 N–H and O–H groups in total. The average molecular weight is 311 g/mol. The van der Waals surface area contributed by atoms with Gasteiger partial charge in [0.2, 0.25) is 0 Å². The summed E-state index contributed by atoms with van der Waals surface area (Å²) in [5, 5.41) is 3.77. The van der Waals surface area contributed by atoms with E-state index in [1.807, 2.05) is 6.07 Å². The zero-order valence-corrected chi connectivity index (χ0v) is 12.5. The molecule has 106 valence electrons. The first-order valence-corrected chi connectivity index (χ1v) is 8.21. The SMILES string of the molecule is CS(=O)(=O)c1ccc(CNc2ccc(Cl)cc2N)cc1. The summed E-state index contributed by atoms with van der Waals surface area (Å²) in [6.45, 7) is 0.551. The topological polar surface area (TPSA) is 72.2 Å². The van der Waals surface area contributed by atoms with Crippen LogP contribution in [0.2, 0.25) is 5.02 Å². The molecule has 0 saturated heterocycles. The molecule has 0 bridgehead atoms. The molecule has 6 heteroatoms. The third kappa shape index (κ3) is 3.65. The Morgan fingerprint density at radius 1 is 1.15 bits per heavy atom. The van der Waals surface area contributed by atoms with Crippen LogP contribution in [0.4, 0.5) is 11.4 Å². The molecule has 0 aliphatic heterocycles. The zero-order valence-electron chi connectivity index (χ0n) is 10.9. The molecule has 0 aromatic heterocycles. The minimum Gasteiger partial charge on any atom is -0.397 e. The lowest BCUT2D eigenvalue weighted by molar-refractivity contribution is 0.602. The summed E-state index contributed by atoms with van der Waals surface area (Å²) >= 11 is 5.83. The molecule has 2 aromatic carbocycles. The largest absolute Gasteiger partial charge is 0.397 e. The molecule has 0 spiro atoms. The second-order valence-electron chi connectivity index (χ2n) is 4.50. The molecule has 0 amide bonds. The Balaban J connectivity index is 2.08. The van der Waals surface area contributed by atoms with Gasteiger partial charge in [-0.05, 0) is 35.9 Å². The van der Waals surface area contributed by atoms with Crippen molar-refractivity contribution in [1.82, 2.24) is 0 Å². The Bertz CT molecular complexity index is 712. The van der Waals surface area contributed by atoms with Gasteiger partial charge in [0.05, 0.1) is 16.3 Å². The summed E-state index contributed by atoms with van der Waals surface area (Å²) < 4.78 is 22.7. The van der Waals surface area contributed by atoms with Crippen LogP contribution < -0.4 is 11.1 Å². The lowest BCUT2D eigenvalue weighted by atomic mass is 10.2. The molecule has 0 aliphatic carbocycles. The molecule has 0 saturated carbocycles. The quantitative estimate of drug-likeness (QED) is 0.852. The van der Waals surface area contributed by atoms with Crippen LogP contribution in [0.15, 0.2) is 47.4 Å². The maximum atomic E-state index is 11.4. The van der Waals surface area contributed by atoms with E-state index in [1.165, 1.54) is 6.26 Å². The van der Waals surface area contributed by atoms with Gasteiger partial charge in [0.1, 0.15) is 0 Å². The third-order valence-corrected chi connectivity index (χ3v) is 4.21. The van der Waals surface area contributed by atoms with E-state index in [2.05, 4.69) is 5.32 Å². The van der Waals surface area contributed by atoms with Crippen molar-refractivity contribution in [3.05, 3.63) is 53.1 Å². The number of sulfone groups is 1. The fraction of sp³-hybridized carbons (Fsp3) is 0.143. The Morgan fingerprint density at radius 2 is 1.80 bits per heavy atom. The van der Waals surface area contributed by atoms with Crippen molar-refractivity contribution >= 4 is 32.8 Å². The summed E-state index contributed by atoms with van der Waals surface area (Å²) in [7, 11) is -3.15. The average Bonchev–Trinajstić information content (AvgIpc) is 2.37. The number of hydrogen-bond donors (Lipinski definition) is 2. The smallest absolute Gasteiger partial charge is 0.175 e. The lowest BCUT2D eigenvalue weighted by Crippen LogP contribution is -2.03. The minimum atomic E-state index is -3.15. The van der Waals surface area contributed by atoms with Gasteiger partial charge in [-0.3, -0.25) is 0 Å². The molecule has 4 nitrogen and oxygen atoms in total. The maximum Gasteiger partial charge on any atom is 0.175 e. The van der Waals surface area contributed by atoms with Gasteiger partial charge < -0.3 is 11.1 Å². The van der Waals surface area contributed by atoms with Gasteiger partial charge in [-0.15, -0.1) is 0 Å². The van der Waals surface area contributed by atoms with Crippen molar-refractivity contribution in [2.45, 2.75) is 11.4 Å². The van der Waals surface area contributed by atoms with Crippen LogP contribution >= 0.6 is 11.6 Å². The molecular weight excluding hydrogens is 296 g/mol. The Hall–Kier alpha value is -1.72. The zero-order chi connectivity index (χ0) is 14.8. The third-order valence-electron chi connectivity index (χ3n) is 2.85. The number of anilines is 2. The van der Waals surface area contributed by atoms with Crippen LogP contribution in [0.25, 0.3) is 0 Å². The van der Waals surface area contributed by atoms with Crippen molar-refractivity contribution in [1.29, 1.82) is 0 Å². The Kier molecular flexibility index (Phi) is 4.20. The molecule has 2 aromatic rings. The van der Waals surface area contributed by atoms with Crippen molar-refractivity contribution in [2.75, 3.05) is 17.3 Å². The van der Waals surface area contributed by atoms with Crippen molar-refractivity contribution in [2.24, 2.45) is 0 Å². The second-order valence-corrected chi connectivity index (χ2v) is 6.95. The molecular formula is C14H15ClN2O2S. The maximum absolute atomic E-state index is 11.4. The first-order chi connectivity index (χ1) is 9.36. The molecule has 0 atom stereocenters. The van der Waals surface area contributed by atoms with Crippen molar-refractivity contribution < 1.29 is 8.42 Å². The van der Waals surface area contributed by atoms with Crippen LogP contribution in [0.3, 0.4) is 0 Å². The molecule has 0 radical (unpaired) electrons. The van der Waals surface area contributed by atoms with E-state index in [0.29, 0.717) is 22.2 Å². The van der Waals surface area contributed by atoms with E-state index in [1.54, 1.807) is 36.4 Å². The van der Waals surface area contributed by atoms with Gasteiger partial charge >= 0.3 is 0 Å². The fourth-order valence-corrected chi connectivity index (χ4v) is 2.56. The number of hydrogen-bond acceptors (Lipinski definition) is 4. The van der Waals surface area contributed by atoms with E-state index in [0.717, 1.165) is 11.3 Å². The van der Waals surface area contributed by atoms with Gasteiger partial charge in [0, 0.05) is 17.8 Å². The molecule has 0 aliphatic rings. The highest BCUT2D eigenvalue weighted by Gasteiger charge is 2.06. The van der Waals surface area contributed by atoms with Crippen molar-refractivity contribution in [3.8, 4) is 0 Å². The molecule has 0 heterocycles. The number of nitrogens with two attached hydrogens (primary N) is 1. The van der Waals surface area contributed by atoms with E-state index in [9.17, 15) is 8.42 Å². The highest BCUT2D eigenvalue weighted by Crippen LogP contribution is 2.23. The summed E-state index contributed by atoms with van der Waals surface area (Å²) in [5.74, 6) is 0. The summed E-state index contributed by atoms with van der Waals surface area (Å²) in [5.41, 5.74) is 8.17. The number of nitrogen functional groups attached to an aromatic ring is 1. The van der Waals surface area contributed by atoms with E-state index < -0.39 is 9.84 Å². The molecule has 20 heavy (non-hydrogen) atoms. The highest BCUT2D eigenvalue weighted by atomic mass is 35.5. The van der Waals surface area contributed by atoms with Crippen LogP contribution in [0.1, 0.15) is 5.56 Å². The number of halogens is 1. The summed E-state index contributed by atoms with van der Waals surface area (Å²) in [4.78, 5) is 0.312. The minimum absolute atomic E-state index is 0.312. The highest BCUT2D eigenvalue weighted by molar-refractivity contribution is 7.90. The standard InChI is InChI=1S/C14H15ClN2O2S/c1-20(18,19)12-5-2-10(3-6-12)9-17-14-7-4-11(15)8-13(14)16/h2-8,17H,9,16H2,1H3. The van der Waals surface area contributed by atoms with Gasteiger partial charge in [-0.2, -0.15) is 0 Å². The second kappa shape index (κ2) is 5.73. The van der Waals surface area contributed by atoms with Crippen LogP contribution in [0, 0.1) is 0 Å². The van der Waals surface area contributed by atoms with Gasteiger partial charge in [-0.25, -0.2) is 8.42 Å². The lowest BCUT2D eigenvalue weighted by Gasteiger charge is -2.10. The van der Waals surface area contributed by atoms with Gasteiger partial charge in [0.25, 0.3) is 0 Å². The number of benzene rings is 2. The van der Waals surface area contributed by atoms with Gasteiger partial charge in [-0.1, -0.05) is 23.7 Å². The Labute approximate surface area is 123 Å². The van der Waals surface area contributed by atoms with E-state index >= 15 is 0 Å². The normalized spacial score (nSPS) is 11.3. The fourth-order valence-electron chi connectivity index (χ4n) is 1.75. The molecule has 0 unspecified atom stereocenters. The van der Waals surface area contributed by atoms with E-state index in [-0.39, 0.29) is 0 Å².